The summed E-state index contributed by atoms with van der Waals surface area (Å²) in [5.41, 5.74) is 5.32. The van der Waals surface area contributed by atoms with E-state index in [4.69, 9.17) is 9.47 Å². The van der Waals surface area contributed by atoms with Crippen molar-refractivity contribution in [3.63, 3.8) is 0 Å². The highest BCUT2D eigenvalue weighted by atomic mass is 16.5. The topological polar surface area (TPSA) is 134 Å². The zero-order valence-corrected chi connectivity index (χ0v) is 27.3. The average Bonchev–Trinajstić information content (AvgIpc) is 3.35. The number of carbonyl (C=O) groups excluding carboxylic acids is 4. The molecule has 3 aromatic rings. The zero-order chi connectivity index (χ0) is 34.8. The molecule has 4 amide bonds. The van der Waals surface area contributed by atoms with Crippen molar-refractivity contribution in [1.29, 1.82) is 0 Å². The zero-order valence-electron chi connectivity index (χ0n) is 27.3. The minimum atomic E-state index is -0.999. The third-order valence-corrected chi connectivity index (χ3v) is 8.17. The van der Waals surface area contributed by atoms with Crippen LogP contribution in [-0.2, 0) is 14.3 Å². The maximum Gasteiger partial charge on any atom is 0.262 e. The first-order valence-electron chi connectivity index (χ1n) is 16.2. The largest absolute Gasteiger partial charge is 0.508 e. The lowest BCUT2D eigenvalue weighted by molar-refractivity contribution is -0.136. The van der Waals surface area contributed by atoms with Crippen LogP contribution in [0.25, 0.3) is 5.57 Å². The summed E-state index contributed by atoms with van der Waals surface area (Å²) >= 11 is 0. The van der Waals surface area contributed by atoms with E-state index in [9.17, 15) is 24.3 Å². The molecule has 2 aliphatic rings. The molecule has 3 N–H and O–H groups in total. The Balaban J connectivity index is 1.10. The quantitative estimate of drug-likeness (QED) is 0.106. The standard InChI is InChI=1S/C39H39N3O7/c1-3-5-6-7-8-26(4-2)36(27-9-14-30(43)15-10-27)28-11-16-31(17-12-28)49-24-23-48-22-21-40-29-13-18-32-33(25-29)39(47)42(38(32)46)34-19-20-35(44)41-37(34)45/h3,5-18,25,34,40,43H,1,4,19-24H2,2H3,(H,41,44,45)/b6-5-,8-7+,36-26-. The van der Waals surface area contributed by atoms with E-state index >= 15 is 0 Å². The number of hydrogen-bond donors (Lipinski definition) is 3. The summed E-state index contributed by atoms with van der Waals surface area (Å²) < 4.78 is 11.6. The molecule has 0 spiro atoms. The van der Waals surface area contributed by atoms with E-state index in [0.29, 0.717) is 37.8 Å². The number of allylic oxidation sites excluding steroid dienone is 6. The van der Waals surface area contributed by atoms with E-state index in [1.165, 1.54) is 0 Å². The van der Waals surface area contributed by atoms with Gasteiger partial charge in [0.25, 0.3) is 11.8 Å². The van der Waals surface area contributed by atoms with Gasteiger partial charge in [-0.15, -0.1) is 0 Å². The molecule has 0 bridgehead atoms. The first kappa shape index (κ1) is 34.6. The summed E-state index contributed by atoms with van der Waals surface area (Å²) in [5, 5.41) is 15.2. The van der Waals surface area contributed by atoms with Crippen molar-refractivity contribution < 1.29 is 33.8 Å². The van der Waals surface area contributed by atoms with Crippen molar-refractivity contribution >= 4 is 34.9 Å². The van der Waals surface area contributed by atoms with Crippen molar-refractivity contribution in [1.82, 2.24) is 10.2 Å². The van der Waals surface area contributed by atoms with Gasteiger partial charge in [-0.2, -0.15) is 0 Å². The van der Waals surface area contributed by atoms with Crippen molar-refractivity contribution in [3.05, 3.63) is 132 Å². The van der Waals surface area contributed by atoms with E-state index in [1.807, 2.05) is 54.6 Å². The second kappa shape index (κ2) is 16.4. The van der Waals surface area contributed by atoms with Crippen LogP contribution in [0.5, 0.6) is 11.5 Å². The summed E-state index contributed by atoms with van der Waals surface area (Å²) in [6.45, 7) is 7.37. The lowest BCUT2D eigenvalue weighted by Crippen LogP contribution is -2.54. The number of carbonyl (C=O) groups is 4. The number of anilines is 1. The van der Waals surface area contributed by atoms with Crippen LogP contribution >= 0.6 is 0 Å². The highest BCUT2D eigenvalue weighted by molar-refractivity contribution is 6.23. The molecule has 0 aliphatic carbocycles. The van der Waals surface area contributed by atoms with E-state index in [0.717, 1.165) is 33.6 Å². The molecular weight excluding hydrogens is 622 g/mol. The Morgan fingerprint density at radius 1 is 0.918 bits per heavy atom. The molecule has 1 atom stereocenters. The smallest absolute Gasteiger partial charge is 0.262 e. The fraction of sp³-hybridized carbons (Fsp3) is 0.231. The van der Waals surface area contributed by atoms with E-state index in [2.05, 4.69) is 30.2 Å². The van der Waals surface area contributed by atoms with E-state index < -0.39 is 29.7 Å². The van der Waals surface area contributed by atoms with E-state index in [1.54, 1.807) is 36.4 Å². The second-order valence-corrected chi connectivity index (χ2v) is 11.4. The van der Waals surface area contributed by atoms with Crippen LogP contribution in [0.4, 0.5) is 5.69 Å². The molecule has 2 heterocycles. The van der Waals surface area contributed by atoms with Gasteiger partial charge in [-0.25, -0.2) is 0 Å². The third-order valence-electron chi connectivity index (χ3n) is 8.17. The number of ether oxygens (including phenoxy) is 2. The number of imide groups is 2. The number of piperidine rings is 1. The Morgan fingerprint density at radius 3 is 2.33 bits per heavy atom. The molecule has 0 radical (unpaired) electrons. The number of nitrogens with one attached hydrogen (secondary N) is 2. The number of benzene rings is 3. The van der Waals surface area contributed by atoms with Crippen molar-refractivity contribution in [2.75, 3.05) is 31.7 Å². The molecule has 0 saturated carbocycles. The fourth-order valence-corrected chi connectivity index (χ4v) is 5.74. The van der Waals surface area contributed by atoms with Crippen LogP contribution in [0.1, 0.15) is 58.0 Å². The van der Waals surface area contributed by atoms with Gasteiger partial charge < -0.3 is 19.9 Å². The lowest BCUT2D eigenvalue weighted by atomic mass is 9.91. The molecule has 10 nitrogen and oxygen atoms in total. The van der Waals surface area contributed by atoms with Crippen LogP contribution < -0.4 is 15.4 Å². The van der Waals surface area contributed by atoms with Crippen molar-refractivity contribution in [2.45, 2.75) is 32.2 Å². The Morgan fingerprint density at radius 2 is 1.63 bits per heavy atom. The number of phenols is 1. The number of fused-ring (bicyclic) bond motifs is 1. The van der Waals surface area contributed by atoms with E-state index in [-0.39, 0.29) is 29.7 Å². The minimum absolute atomic E-state index is 0.0712. The number of hydrogen-bond acceptors (Lipinski definition) is 8. The Kier molecular flexibility index (Phi) is 11.6. The van der Waals surface area contributed by atoms with Crippen LogP contribution in [0.3, 0.4) is 0 Å². The van der Waals surface area contributed by atoms with Crippen LogP contribution in [-0.4, -0.2) is 66.0 Å². The van der Waals surface area contributed by atoms with Crippen LogP contribution in [0.2, 0.25) is 0 Å². The van der Waals surface area contributed by atoms with Gasteiger partial charge in [-0.1, -0.05) is 68.1 Å². The normalized spacial score (nSPS) is 16.6. The summed E-state index contributed by atoms with van der Waals surface area (Å²) in [6.07, 6.45) is 10.6. The van der Waals surface area contributed by atoms with Gasteiger partial charge in [0, 0.05) is 18.7 Å². The second-order valence-electron chi connectivity index (χ2n) is 11.4. The van der Waals surface area contributed by atoms with Gasteiger partial charge in [0.2, 0.25) is 11.8 Å². The summed E-state index contributed by atoms with van der Waals surface area (Å²) in [7, 11) is 0. The monoisotopic (exact) mass is 661 g/mol. The Bertz CT molecular complexity index is 1810. The summed E-state index contributed by atoms with van der Waals surface area (Å²) in [5.74, 6) is -1.22. The van der Waals surface area contributed by atoms with Crippen LogP contribution in [0.15, 0.2) is 109 Å². The molecule has 2 aliphatic heterocycles. The number of amides is 4. The van der Waals surface area contributed by atoms with Crippen LogP contribution in [0, 0.1) is 0 Å². The average molecular weight is 662 g/mol. The Labute approximate surface area is 285 Å². The molecule has 0 aromatic heterocycles. The molecule has 252 valence electrons. The number of aromatic hydroxyl groups is 1. The predicted octanol–water partition coefficient (Wildman–Crippen LogP) is 5.81. The molecule has 49 heavy (non-hydrogen) atoms. The highest BCUT2D eigenvalue weighted by Crippen LogP contribution is 2.32. The van der Waals surface area contributed by atoms with Gasteiger partial charge in [-0.3, -0.25) is 29.4 Å². The SMILES string of the molecule is C=C\C=C/C=C/C(CC)=C(/c1ccc(O)cc1)c1ccc(OCCOCCNc2ccc3c(c2)C(=O)N(C2CCC(=O)NC2=O)C3=O)cc1. The van der Waals surface area contributed by atoms with Crippen molar-refractivity contribution in [3.8, 4) is 11.5 Å². The molecular formula is C39H39N3O7. The number of rotatable bonds is 15. The van der Waals surface area contributed by atoms with Gasteiger partial charge in [-0.05, 0) is 77.6 Å². The molecule has 5 rings (SSSR count). The Hall–Kier alpha value is -5.74. The fourth-order valence-electron chi connectivity index (χ4n) is 5.74. The summed E-state index contributed by atoms with van der Waals surface area (Å²) in [4.78, 5) is 50.6. The van der Waals surface area contributed by atoms with Gasteiger partial charge in [0.1, 0.15) is 24.1 Å². The lowest BCUT2D eigenvalue weighted by Gasteiger charge is -2.27. The third kappa shape index (κ3) is 8.41. The maximum atomic E-state index is 13.0. The predicted molar refractivity (Wildman–Crippen MR) is 187 cm³/mol. The van der Waals surface area contributed by atoms with Crippen molar-refractivity contribution in [2.24, 2.45) is 0 Å². The molecule has 10 heteroatoms. The highest BCUT2D eigenvalue weighted by Gasteiger charge is 2.44. The van der Waals surface area contributed by atoms with Gasteiger partial charge in [0.15, 0.2) is 0 Å². The molecule has 1 fully saturated rings. The molecule has 1 saturated heterocycles. The number of phenolic OH excluding ortho intramolecular Hbond substituents is 1. The molecule has 3 aromatic carbocycles. The summed E-state index contributed by atoms with van der Waals surface area (Å²) in [6, 6.07) is 18.9. The molecule has 1 unspecified atom stereocenters. The van der Waals surface area contributed by atoms with Gasteiger partial charge in [0.05, 0.1) is 24.3 Å². The van der Waals surface area contributed by atoms with Gasteiger partial charge >= 0.3 is 0 Å². The maximum absolute atomic E-state index is 13.0. The minimum Gasteiger partial charge on any atom is -0.508 e. The first-order chi connectivity index (χ1) is 23.8. The first-order valence-corrected chi connectivity index (χ1v) is 16.2. The number of nitrogens with zero attached hydrogens (tertiary/aromatic N) is 1.